The van der Waals surface area contributed by atoms with Crippen molar-refractivity contribution < 1.29 is 14.0 Å². The minimum absolute atomic E-state index is 0.255. The molecule has 0 unspecified atom stereocenters. The predicted molar refractivity (Wildman–Crippen MR) is 57.2 cm³/mol. The van der Waals surface area contributed by atoms with Crippen molar-refractivity contribution in [2.75, 3.05) is 6.54 Å². The van der Waals surface area contributed by atoms with E-state index in [2.05, 4.69) is 0 Å². The van der Waals surface area contributed by atoms with Crippen LogP contribution < -0.4 is 0 Å². The summed E-state index contributed by atoms with van der Waals surface area (Å²) in [5, 5.41) is 9.33. The number of nitrogens with zero attached hydrogens (tertiary/aromatic N) is 1. The van der Waals surface area contributed by atoms with Gasteiger partial charge in [-0.15, -0.1) is 0 Å². The van der Waals surface area contributed by atoms with E-state index in [1.807, 2.05) is 0 Å². The van der Waals surface area contributed by atoms with E-state index in [1.165, 1.54) is 0 Å². The Balaban J connectivity index is 2.05. The van der Waals surface area contributed by atoms with Crippen LogP contribution in [0.5, 0.6) is 0 Å². The van der Waals surface area contributed by atoms with Crippen LogP contribution in [0.4, 0.5) is 0 Å². The molecule has 0 saturated carbocycles. The highest BCUT2D eigenvalue weighted by atomic mass is 16.3. The van der Waals surface area contributed by atoms with Gasteiger partial charge in [-0.2, -0.15) is 0 Å². The molecule has 3 heteroatoms. The molecule has 1 N–H and O–H groups in total. The smallest absolute Gasteiger partial charge is 0.251 e. The van der Waals surface area contributed by atoms with Gasteiger partial charge in [-0.05, 0) is 18.8 Å². The van der Waals surface area contributed by atoms with Gasteiger partial charge in [-0.25, -0.2) is 0 Å². The summed E-state index contributed by atoms with van der Waals surface area (Å²) in [6.45, 7) is -1.14. The molecule has 1 aliphatic heterocycles. The Labute approximate surface area is 93.5 Å². The predicted octanol–water partition coefficient (Wildman–Crippen LogP) is 1.09. The number of amides is 1. The molecule has 0 radical (unpaired) electrons. The fourth-order valence-corrected chi connectivity index (χ4v) is 1.71. The lowest BCUT2D eigenvalue weighted by Gasteiger charge is -2.15. The highest BCUT2D eigenvalue weighted by molar-refractivity contribution is 5.82. The molecule has 1 aromatic rings. The number of aryl methyl sites for hydroxylation is 1. The maximum absolute atomic E-state index is 11.5. The fraction of sp³-hybridized carbons (Fsp3) is 0.417. The number of aliphatic hydroxyl groups excluding tert-OH is 1. The normalized spacial score (nSPS) is 24.9. The van der Waals surface area contributed by atoms with Crippen LogP contribution in [0.25, 0.3) is 0 Å². The molecule has 0 bridgehead atoms. The molecule has 1 amide bonds. The van der Waals surface area contributed by atoms with Crippen molar-refractivity contribution in [1.29, 1.82) is 0 Å². The Hall–Kier alpha value is -1.35. The summed E-state index contributed by atoms with van der Waals surface area (Å²) in [6.07, 6.45) is -0.418. The molecule has 1 heterocycles. The number of hydrogen-bond acceptors (Lipinski definition) is 2. The van der Waals surface area contributed by atoms with Gasteiger partial charge in [0.1, 0.15) is 6.10 Å². The second-order valence-corrected chi connectivity index (χ2v) is 3.76. The number of carbonyl (C=O) groups excluding carboxylic acids is 1. The molecule has 1 aromatic carbocycles. The molecular formula is C12H15NO2. The maximum atomic E-state index is 11.5. The summed E-state index contributed by atoms with van der Waals surface area (Å²) in [5.74, 6) is -0.255. The molecule has 80 valence electrons. The SMILES string of the molecule is [2H]C([2H])([2H])c1ccc(CN2CC[C@H](O)C2=O)cc1. The van der Waals surface area contributed by atoms with Crippen molar-refractivity contribution in [1.82, 2.24) is 4.90 Å². The molecule has 2 rings (SSSR count). The second-order valence-electron chi connectivity index (χ2n) is 3.76. The van der Waals surface area contributed by atoms with Crippen LogP contribution >= 0.6 is 0 Å². The molecule has 0 aromatic heterocycles. The fourth-order valence-electron chi connectivity index (χ4n) is 1.71. The molecule has 1 aliphatic rings. The molecular weight excluding hydrogens is 190 g/mol. The summed E-state index contributed by atoms with van der Waals surface area (Å²) in [7, 11) is 0. The van der Waals surface area contributed by atoms with Crippen molar-refractivity contribution in [2.24, 2.45) is 0 Å². The summed E-state index contributed by atoms with van der Waals surface area (Å²) >= 11 is 0. The van der Waals surface area contributed by atoms with E-state index in [0.29, 0.717) is 25.1 Å². The van der Waals surface area contributed by atoms with E-state index in [1.54, 1.807) is 29.2 Å². The van der Waals surface area contributed by atoms with Crippen molar-refractivity contribution in [3.8, 4) is 0 Å². The Morgan fingerprint density at radius 2 is 2.27 bits per heavy atom. The minimum atomic E-state index is -2.10. The topological polar surface area (TPSA) is 40.5 Å². The lowest BCUT2D eigenvalue weighted by Crippen LogP contribution is -2.28. The average molecular weight is 208 g/mol. The van der Waals surface area contributed by atoms with Crippen LogP contribution in [0.3, 0.4) is 0 Å². The number of carbonyl (C=O) groups is 1. The number of benzene rings is 1. The molecule has 3 nitrogen and oxygen atoms in total. The van der Waals surface area contributed by atoms with Crippen molar-refractivity contribution in [3.63, 3.8) is 0 Å². The monoisotopic (exact) mass is 208 g/mol. The van der Waals surface area contributed by atoms with Gasteiger partial charge in [0.15, 0.2) is 0 Å². The Morgan fingerprint density at radius 3 is 2.80 bits per heavy atom. The Bertz CT molecular complexity index is 442. The average Bonchev–Trinajstić information content (AvgIpc) is 2.61. The van der Waals surface area contributed by atoms with Crippen molar-refractivity contribution in [2.45, 2.75) is 25.9 Å². The largest absolute Gasteiger partial charge is 0.383 e. The first-order valence-corrected chi connectivity index (χ1v) is 4.94. The van der Waals surface area contributed by atoms with Gasteiger partial charge in [0.2, 0.25) is 0 Å². The van der Waals surface area contributed by atoms with Crippen LogP contribution in [0.2, 0.25) is 0 Å². The maximum Gasteiger partial charge on any atom is 0.251 e. The van der Waals surface area contributed by atoms with Crippen molar-refractivity contribution in [3.05, 3.63) is 35.4 Å². The Morgan fingerprint density at radius 1 is 1.53 bits per heavy atom. The van der Waals surface area contributed by atoms with E-state index < -0.39 is 13.0 Å². The van der Waals surface area contributed by atoms with E-state index >= 15 is 0 Å². The molecule has 1 atom stereocenters. The van der Waals surface area contributed by atoms with Gasteiger partial charge in [0.05, 0.1) is 0 Å². The number of aliphatic hydroxyl groups is 1. The zero-order valence-corrected chi connectivity index (χ0v) is 8.31. The summed E-state index contributed by atoms with van der Waals surface area (Å²) in [5.41, 5.74) is 1.16. The lowest BCUT2D eigenvalue weighted by molar-refractivity contribution is -0.134. The van der Waals surface area contributed by atoms with Crippen LogP contribution in [0, 0.1) is 6.85 Å². The van der Waals surface area contributed by atoms with Gasteiger partial charge >= 0.3 is 0 Å². The molecule has 0 spiro atoms. The summed E-state index contributed by atoms with van der Waals surface area (Å²) in [6, 6.07) is 6.53. The van der Waals surface area contributed by atoms with Crippen LogP contribution in [-0.2, 0) is 11.3 Å². The zero-order valence-electron chi connectivity index (χ0n) is 11.3. The van der Waals surface area contributed by atoms with Gasteiger partial charge in [-0.1, -0.05) is 29.8 Å². The highest BCUT2D eigenvalue weighted by Crippen LogP contribution is 2.15. The number of hydrogen-bond donors (Lipinski definition) is 1. The van der Waals surface area contributed by atoms with E-state index in [4.69, 9.17) is 4.11 Å². The third-order valence-corrected chi connectivity index (χ3v) is 2.60. The number of rotatable bonds is 2. The first kappa shape index (κ1) is 7.01. The van der Waals surface area contributed by atoms with Gasteiger partial charge in [0, 0.05) is 17.2 Å². The molecule has 1 saturated heterocycles. The van der Waals surface area contributed by atoms with Gasteiger partial charge in [-0.3, -0.25) is 4.79 Å². The lowest BCUT2D eigenvalue weighted by atomic mass is 10.1. The minimum Gasteiger partial charge on any atom is -0.383 e. The van der Waals surface area contributed by atoms with Crippen LogP contribution in [-0.4, -0.2) is 28.6 Å². The van der Waals surface area contributed by atoms with E-state index in [9.17, 15) is 9.90 Å². The third-order valence-electron chi connectivity index (χ3n) is 2.60. The quantitative estimate of drug-likeness (QED) is 0.790. The van der Waals surface area contributed by atoms with Gasteiger partial charge in [0.25, 0.3) is 5.91 Å². The van der Waals surface area contributed by atoms with Crippen LogP contribution in [0.15, 0.2) is 24.3 Å². The van der Waals surface area contributed by atoms with Gasteiger partial charge < -0.3 is 10.0 Å². The molecule has 15 heavy (non-hydrogen) atoms. The third kappa shape index (κ3) is 2.18. The first-order valence-electron chi connectivity index (χ1n) is 6.44. The Kier molecular flexibility index (Phi) is 1.88. The zero-order chi connectivity index (χ0) is 13.3. The first-order chi connectivity index (χ1) is 8.38. The van der Waals surface area contributed by atoms with Crippen molar-refractivity contribution >= 4 is 5.91 Å². The highest BCUT2D eigenvalue weighted by Gasteiger charge is 2.29. The van der Waals surface area contributed by atoms with E-state index in [-0.39, 0.29) is 5.91 Å². The van der Waals surface area contributed by atoms with E-state index in [0.717, 1.165) is 5.56 Å². The standard InChI is InChI=1S/C12H15NO2/c1-9-2-4-10(5-3-9)8-13-7-6-11(14)12(13)15/h2-5,11,14H,6-8H2,1H3/t11-/m0/s1/i1D3. The molecule has 0 aliphatic carbocycles. The van der Waals surface area contributed by atoms with Crippen LogP contribution in [0.1, 0.15) is 21.7 Å². The molecule has 1 fully saturated rings. The number of likely N-dealkylation sites (tertiary alicyclic amines) is 1. The summed E-state index contributed by atoms with van der Waals surface area (Å²) in [4.78, 5) is 13.1. The summed E-state index contributed by atoms with van der Waals surface area (Å²) < 4.78 is 21.8. The second kappa shape index (κ2) is 4.03.